The van der Waals surface area contributed by atoms with E-state index in [1.807, 2.05) is 19.1 Å². The minimum Gasteiger partial charge on any atom is -0.495 e. The van der Waals surface area contributed by atoms with Gasteiger partial charge in [0.05, 0.1) is 12.1 Å². The van der Waals surface area contributed by atoms with Gasteiger partial charge in [-0.1, -0.05) is 11.6 Å². The van der Waals surface area contributed by atoms with Crippen molar-refractivity contribution in [1.29, 1.82) is 0 Å². The first kappa shape index (κ1) is 13.3. The van der Waals surface area contributed by atoms with E-state index in [9.17, 15) is 4.79 Å². The molecule has 0 atom stereocenters. The molecular weight excluding hydrogens is 293 g/mol. The Morgan fingerprint density at radius 3 is 2.81 bits per heavy atom. The molecule has 0 radical (unpaired) electrons. The molecule has 1 amide bonds. The Bertz CT molecular complexity index is 396. The van der Waals surface area contributed by atoms with Gasteiger partial charge in [0.15, 0.2) is 0 Å². The monoisotopic (exact) mass is 305 g/mol. The third-order valence-corrected chi connectivity index (χ3v) is 2.84. The lowest BCUT2D eigenvalue weighted by molar-refractivity contribution is 0.262. The molecule has 3 nitrogen and oxygen atoms in total. The maximum atomic E-state index is 10.6. The Morgan fingerprint density at radius 2 is 2.25 bits per heavy atom. The van der Waals surface area contributed by atoms with E-state index in [2.05, 4.69) is 21.2 Å². The van der Waals surface area contributed by atoms with Gasteiger partial charge < -0.3 is 10.1 Å². The molecule has 1 N–H and O–H groups in total. The molecule has 0 fully saturated rings. The SMILES string of the molecule is COc1cc(C)c(CCNC(=O)Br)cc1Cl. The maximum Gasteiger partial charge on any atom is 0.287 e. The Labute approximate surface area is 108 Å². The molecular formula is C11H13BrClNO2. The summed E-state index contributed by atoms with van der Waals surface area (Å²) in [5, 5.41) is 3.26. The summed E-state index contributed by atoms with van der Waals surface area (Å²) in [6.07, 6.45) is 0.743. The van der Waals surface area contributed by atoms with E-state index in [0.717, 1.165) is 17.5 Å². The largest absolute Gasteiger partial charge is 0.495 e. The molecule has 0 aliphatic carbocycles. The number of hydrogen-bond donors (Lipinski definition) is 1. The molecule has 0 aromatic heterocycles. The van der Waals surface area contributed by atoms with Crippen molar-refractivity contribution in [2.75, 3.05) is 13.7 Å². The minimum absolute atomic E-state index is 0.204. The lowest BCUT2D eigenvalue weighted by atomic mass is 10.1. The molecule has 0 aliphatic rings. The highest BCUT2D eigenvalue weighted by Gasteiger charge is 2.06. The summed E-state index contributed by atoms with van der Waals surface area (Å²) in [5.74, 6) is 0.674. The number of aryl methyl sites for hydroxylation is 1. The quantitative estimate of drug-likeness (QED) is 0.684. The van der Waals surface area contributed by atoms with Crippen molar-refractivity contribution in [2.24, 2.45) is 0 Å². The van der Waals surface area contributed by atoms with E-state index in [0.29, 0.717) is 17.3 Å². The summed E-state index contributed by atoms with van der Waals surface area (Å²) in [4.78, 5) is 10.4. The molecule has 0 heterocycles. The topological polar surface area (TPSA) is 38.3 Å². The molecule has 0 saturated carbocycles. The van der Waals surface area contributed by atoms with Crippen LogP contribution in [0.15, 0.2) is 12.1 Å². The van der Waals surface area contributed by atoms with E-state index >= 15 is 0 Å². The van der Waals surface area contributed by atoms with Gasteiger partial charge >= 0.3 is 0 Å². The van der Waals surface area contributed by atoms with Crippen LogP contribution >= 0.6 is 27.5 Å². The van der Waals surface area contributed by atoms with Gasteiger partial charge in [-0.25, -0.2) is 0 Å². The van der Waals surface area contributed by atoms with E-state index in [-0.39, 0.29) is 4.82 Å². The maximum absolute atomic E-state index is 10.6. The zero-order valence-electron chi connectivity index (χ0n) is 9.14. The molecule has 88 valence electrons. The summed E-state index contributed by atoms with van der Waals surface area (Å²) >= 11 is 8.83. The van der Waals surface area contributed by atoms with Gasteiger partial charge in [-0.3, -0.25) is 4.79 Å². The number of carbonyl (C=O) groups excluding carboxylic acids is 1. The lowest BCUT2D eigenvalue weighted by Crippen LogP contribution is -2.19. The van der Waals surface area contributed by atoms with Gasteiger partial charge in [0.25, 0.3) is 4.82 Å². The van der Waals surface area contributed by atoms with E-state index in [1.54, 1.807) is 7.11 Å². The van der Waals surface area contributed by atoms with Gasteiger partial charge in [0, 0.05) is 22.5 Å². The van der Waals surface area contributed by atoms with Gasteiger partial charge in [-0.05, 0) is 36.6 Å². The normalized spacial score (nSPS) is 10.0. The molecule has 0 bridgehead atoms. The van der Waals surface area contributed by atoms with Crippen molar-refractivity contribution in [1.82, 2.24) is 5.32 Å². The second kappa shape index (κ2) is 6.11. The summed E-state index contributed by atoms with van der Waals surface area (Å²) in [5.41, 5.74) is 2.21. The van der Waals surface area contributed by atoms with Crippen molar-refractivity contribution in [3.63, 3.8) is 0 Å². The average molecular weight is 307 g/mol. The molecule has 1 rings (SSSR count). The molecule has 0 spiro atoms. The highest BCUT2D eigenvalue weighted by molar-refractivity contribution is 9.18. The fourth-order valence-corrected chi connectivity index (χ4v) is 1.88. The van der Waals surface area contributed by atoms with Crippen molar-refractivity contribution in [3.05, 3.63) is 28.3 Å². The lowest BCUT2D eigenvalue weighted by Gasteiger charge is -2.10. The summed E-state index contributed by atoms with van der Waals surface area (Å²) < 4.78 is 5.11. The summed E-state index contributed by atoms with van der Waals surface area (Å²) in [6.45, 7) is 2.57. The number of hydrogen-bond acceptors (Lipinski definition) is 2. The molecule has 5 heteroatoms. The second-order valence-electron chi connectivity index (χ2n) is 3.36. The summed E-state index contributed by atoms with van der Waals surface area (Å²) in [7, 11) is 1.59. The van der Waals surface area contributed by atoms with Crippen molar-refractivity contribution in [3.8, 4) is 5.75 Å². The highest BCUT2D eigenvalue weighted by Crippen LogP contribution is 2.27. The zero-order chi connectivity index (χ0) is 12.1. The summed E-state index contributed by atoms with van der Waals surface area (Å²) in [6, 6.07) is 3.77. The fraction of sp³-hybridized carbons (Fsp3) is 0.364. The molecule has 16 heavy (non-hydrogen) atoms. The standard InChI is InChI=1S/C11H13BrClNO2/c1-7-5-10(16-2)9(13)6-8(7)3-4-14-11(12)15/h5-6H,3-4H2,1-2H3,(H,14,15). The van der Waals surface area contributed by atoms with Crippen LogP contribution in [0.1, 0.15) is 11.1 Å². The molecule has 0 unspecified atom stereocenters. The van der Waals surface area contributed by atoms with Gasteiger partial charge in [0.2, 0.25) is 0 Å². The second-order valence-corrected chi connectivity index (χ2v) is 4.49. The number of halogens is 2. The molecule has 1 aromatic carbocycles. The zero-order valence-corrected chi connectivity index (χ0v) is 11.5. The Balaban J connectivity index is 2.73. The molecule has 0 aliphatic heterocycles. The van der Waals surface area contributed by atoms with Crippen LogP contribution in [0.25, 0.3) is 0 Å². The van der Waals surface area contributed by atoms with Crippen LogP contribution in [0.2, 0.25) is 5.02 Å². The van der Waals surface area contributed by atoms with Crippen LogP contribution in [0.5, 0.6) is 5.75 Å². The fourth-order valence-electron chi connectivity index (χ4n) is 1.42. The van der Waals surface area contributed by atoms with Gasteiger partial charge in [-0.2, -0.15) is 0 Å². The van der Waals surface area contributed by atoms with E-state index < -0.39 is 0 Å². The molecule has 1 aromatic rings. The number of amides is 1. The predicted molar refractivity (Wildman–Crippen MR) is 68.8 cm³/mol. The average Bonchev–Trinajstić information content (AvgIpc) is 2.22. The number of carbonyl (C=O) groups is 1. The predicted octanol–water partition coefficient (Wildman–Crippen LogP) is 3.30. The smallest absolute Gasteiger partial charge is 0.287 e. The van der Waals surface area contributed by atoms with Gasteiger partial charge in [0.1, 0.15) is 5.75 Å². The number of benzene rings is 1. The van der Waals surface area contributed by atoms with Crippen molar-refractivity contribution in [2.45, 2.75) is 13.3 Å². The third kappa shape index (κ3) is 3.68. The van der Waals surface area contributed by atoms with Crippen LogP contribution in [0, 0.1) is 6.92 Å². The Hall–Kier alpha value is -0.740. The number of nitrogens with one attached hydrogen (secondary N) is 1. The first-order valence-electron chi connectivity index (χ1n) is 4.81. The molecule has 0 saturated heterocycles. The van der Waals surface area contributed by atoms with Crippen LogP contribution in [-0.4, -0.2) is 18.5 Å². The first-order chi connectivity index (χ1) is 7.54. The van der Waals surface area contributed by atoms with E-state index in [4.69, 9.17) is 16.3 Å². The Morgan fingerprint density at radius 1 is 1.56 bits per heavy atom. The number of ether oxygens (including phenoxy) is 1. The first-order valence-corrected chi connectivity index (χ1v) is 5.98. The number of rotatable bonds is 4. The van der Waals surface area contributed by atoms with Gasteiger partial charge in [-0.15, -0.1) is 0 Å². The Kier molecular flexibility index (Phi) is 5.09. The minimum atomic E-state index is -0.204. The van der Waals surface area contributed by atoms with Crippen LogP contribution in [0.3, 0.4) is 0 Å². The number of methoxy groups -OCH3 is 1. The third-order valence-electron chi connectivity index (χ3n) is 2.27. The van der Waals surface area contributed by atoms with Crippen LogP contribution < -0.4 is 10.1 Å². The highest BCUT2D eigenvalue weighted by atomic mass is 79.9. The van der Waals surface area contributed by atoms with Crippen LogP contribution in [0.4, 0.5) is 4.79 Å². The van der Waals surface area contributed by atoms with E-state index in [1.165, 1.54) is 0 Å². The van der Waals surface area contributed by atoms with Crippen LogP contribution in [-0.2, 0) is 6.42 Å². The van der Waals surface area contributed by atoms with Crippen molar-refractivity contribution < 1.29 is 9.53 Å². The van der Waals surface area contributed by atoms with Crippen molar-refractivity contribution >= 4 is 32.3 Å².